The van der Waals surface area contributed by atoms with Crippen LogP contribution >= 0.6 is 0 Å². The van der Waals surface area contributed by atoms with Crippen LogP contribution in [0.2, 0.25) is 0 Å². The van der Waals surface area contributed by atoms with E-state index < -0.39 is 0 Å². The van der Waals surface area contributed by atoms with Gasteiger partial charge >= 0.3 is 0 Å². The summed E-state index contributed by atoms with van der Waals surface area (Å²) in [6.07, 6.45) is 4.98. The first-order valence-electron chi connectivity index (χ1n) is 6.03. The molecule has 18 heavy (non-hydrogen) atoms. The highest BCUT2D eigenvalue weighted by Crippen LogP contribution is 2.24. The number of hydrogen-bond donors (Lipinski definition) is 2. The molecule has 98 valence electrons. The number of phenols is 1. The van der Waals surface area contributed by atoms with Crippen LogP contribution in [0.25, 0.3) is 6.08 Å². The Bertz CT molecular complexity index is 427. The predicted molar refractivity (Wildman–Crippen MR) is 71.6 cm³/mol. The molecular weight excluding hydrogens is 230 g/mol. The molecule has 0 unspecified atom stereocenters. The van der Waals surface area contributed by atoms with E-state index in [0.29, 0.717) is 17.9 Å². The van der Waals surface area contributed by atoms with Crippen LogP contribution in [0.5, 0.6) is 11.5 Å². The summed E-state index contributed by atoms with van der Waals surface area (Å²) in [6.45, 7) is 2.73. The zero-order valence-electron chi connectivity index (χ0n) is 10.8. The fourth-order valence-electron chi connectivity index (χ4n) is 1.34. The third-order valence-electron chi connectivity index (χ3n) is 2.43. The van der Waals surface area contributed by atoms with Crippen molar-refractivity contribution in [1.29, 1.82) is 0 Å². The lowest BCUT2D eigenvalue weighted by atomic mass is 10.1. The number of carbonyl (C=O) groups is 1. The van der Waals surface area contributed by atoms with E-state index >= 15 is 0 Å². The number of likely N-dealkylation sites (N-methyl/N-ethyl adjacent to an activating group) is 1. The van der Waals surface area contributed by atoms with Crippen LogP contribution < -0.4 is 10.1 Å². The van der Waals surface area contributed by atoms with E-state index in [0.717, 1.165) is 12.8 Å². The second kappa shape index (κ2) is 7.37. The second-order valence-corrected chi connectivity index (χ2v) is 3.87. The summed E-state index contributed by atoms with van der Waals surface area (Å²) in [5, 5.41) is 12.2. The molecule has 0 radical (unpaired) electrons. The number of nitrogens with one attached hydrogen (secondary N) is 1. The number of aromatic hydroxyl groups is 1. The number of rotatable bonds is 6. The van der Waals surface area contributed by atoms with E-state index in [1.165, 1.54) is 6.08 Å². The monoisotopic (exact) mass is 249 g/mol. The Morgan fingerprint density at radius 2 is 2.28 bits per heavy atom. The molecule has 0 aliphatic carbocycles. The van der Waals surface area contributed by atoms with Gasteiger partial charge in [-0.3, -0.25) is 4.79 Å². The minimum absolute atomic E-state index is 0.101. The Kier molecular flexibility index (Phi) is 5.77. The van der Waals surface area contributed by atoms with Crippen LogP contribution in [-0.4, -0.2) is 24.7 Å². The molecule has 0 fully saturated rings. The molecule has 0 heterocycles. The van der Waals surface area contributed by atoms with Gasteiger partial charge in [-0.05, 0) is 24.6 Å². The maximum atomic E-state index is 11.0. The highest BCUT2D eigenvalue weighted by atomic mass is 16.5. The van der Waals surface area contributed by atoms with Gasteiger partial charge in [-0.25, -0.2) is 0 Å². The minimum Gasteiger partial charge on any atom is -0.507 e. The summed E-state index contributed by atoms with van der Waals surface area (Å²) in [4.78, 5) is 11.0. The molecule has 1 amide bonds. The maximum Gasteiger partial charge on any atom is 0.243 e. The van der Waals surface area contributed by atoms with Crippen molar-refractivity contribution in [1.82, 2.24) is 5.32 Å². The fourth-order valence-corrected chi connectivity index (χ4v) is 1.34. The fraction of sp³-hybridized carbons (Fsp3) is 0.357. The minimum atomic E-state index is -0.210. The lowest BCUT2D eigenvalue weighted by molar-refractivity contribution is -0.115. The van der Waals surface area contributed by atoms with Crippen molar-refractivity contribution in [3.8, 4) is 11.5 Å². The van der Waals surface area contributed by atoms with Crippen molar-refractivity contribution in [2.24, 2.45) is 0 Å². The van der Waals surface area contributed by atoms with Gasteiger partial charge in [-0.2, -0.15) is 0 Å². The summed E-state index contributed by atoms with van der Waals surface area (Å²) in [5.41, 5.74) is 0.585. The van der Waals surface area contributed by atoms with Crippen molar-refractivity contribution in [2.75, 3.05) is 13.7 Å². The van der Waals surface area contributed by atoms with Gasteiger partial charge in [-0.1, -0.05) is 13.3 Å². The van der Waals surface area contributed by atoms with Gasteiger partial charge in [0.25, 0.3) is 0 Å². The summed E-state index contributed by atoms with van der Waals surface area (Å²) < 4.78 is 5.47. The largest absolute Gasteiger partial charge is 0.507 e. The Hall–Kier alpha value is -1.97. The SMILES string of the molecule is CCCCOc1ccc(/C=C/C(=O)NC)c(O)c1. The quantitative estimate of drug-likeness (QED) is 0.601. The van der Waals surface area contributed by atoms with Crippen LogP contribution in [0.15, 0.2) is 24.3 Å². The normalized spacial score (nSPS) is 10.6. The molecule has 0 saturated carbocycles. The molecule has 0 aromatic heterocycles. The Balaban J connectivity index is 2.67. The number of ether oxygens (including phenoxy) is 1. The Morgan fingerprint density at radius 3 is 2.89 bits per heavy atom. The smallest absolute Gasteiger partial charge is 0.243 e. The van der Waals surface area contributed by atoms with Crippen molar-refractivity contribution in [2.45, 2.75) is 19.8 Å². The van der Waals surface area contributed by atoms with Crippen molar-refractivity contribution < 1.29 is 14.6 Å². The van der Waals surface area contributed by atoms with Gasteiger partial charge in [0.15, 0.2) is 0 Å². The highest BCUT2D eigenvalue weighted by molar-refractivity contribution is 5.91. The lowest BCUT2D eigenvalue weighted by Crippen LogP contribution is -2.13. The molecule has 2 N–H and O–H groups in total. The van der Waals surface area contributed by atoms with E-state index in [9.17, 15) is 9.90 Å². The maximum absolute atomic E-state index is 11.0. The summed E-state index contributed by atoms with van der Waals surface area (Å²) in [7, 11) is 1.55. The molecule has 0 aliphatic heterocycles. The van der Waals surface area contributed by atoms with Crippen molar-refractivity contribution >= 4 is 12.0 Å². The zero-order chi connectivity index (χ0) is 13.4. The number of phenolic OH excluding ortho intramolecular Hbond substituents is 1. The Morgan fingerprint density at radius 1 is 1.50 bits per heavy atom. The number of amides is 1. The standard InChI is InChI=1S/C14H19NO3/c1-3-4-9-18-12-7-5-11(13(16)10-12)6-8-14(17)15-2/h5-8,10,16H,3-4,9H2,1-2H3,(H,15,17)/b8-6+. The average molecular weight is 249 g/mol. The van der Waals surface area contributed by atoms with Gasteiger partial charge < -0.3 is 15.2 Å². The molecular formula is C14H19NO3. The van der Waals surface area contributed by atoms with Crippen LogP contribution in [0, 0.1) is 0 Å². The molecule has 1 rings (SSSR count). The molecule has 0 saturated heterocycles. The molecule has 1 aromatic rings. The molecule has 0 bridgehead atoms. The van der Waals surface area contributed by atoms with Gasteiger partial charge in [0.1, 0.15) is 11.5 Å². The van der Waals surface area contributed by atoms with Gasteiger partial charge in [-0.15, -0.1) is 0 Å². The van der Waals surface area contributed by atoms with E-state index in [1.807, 2.05) is 0 Å². The molecule has 4 heteroatoms. The molecule has 0 spiro atoms. The first-order valence-corrected chi connectivity index (χ1v) is 6.03. The number of hydrogen-bond acceptors (Lipinski definition) is 3. The Labute approximate surface area is 107 Å². The van der Waals surface area contributed by atoms with Gasteiger partial charge in [0.2, 0.25) is 5.91 Å². The van der Waals surface area contributed by atoms with E-state index in [2.05, 4.69) is 12.2 Å². The van der Waals surface area contributed by atoms with Crippen LogP contribution in [0.4, 0.5) is 0 Å². The van der Waals surface area contributed by atoms with E-state index in [-0.39, 0.29) is 11.7 Å². The molecule has 4 nitrogen and oxygen atoms in total. The molecule has 1 aromatic carbocycles. The summed E-state index contributed by atoms with van der Waals surface area (Å²) >= 11 is 0. The van der Waals surface area contributed by atoms with Crippen LogP contribution in [0.3, 0.4) is 0 Å². The predicted octanol–water partition coefficient (Wildman–Crippen LogP) is 2.33. The third kappa shape index (κ3) is 4.49. The van der Waals surface area contributed by atoms with Crippen molar-refractivity contribution in [3.63, 3.8) is 0 Å². The summed E-state index contributed by atoms with van der Waals surface area (Å²) in [6, 6.07) is 5.05. The highest BCUT2D eigenvalue weighted by Gasteiger charge is 2.01. The molecule has 0 aliphatic rings. The van der Waals surface area contributed by atoms with Crippen LogP contribution in [0.1, 0.15) is 25.3 Å². The number of benzene rings is 1. The summed E-state index contributed by atoms with van der Waals surface area (Å²) in [5.74, 6) is 0.528. The van der Waals surface area contributed by atoms with Gasteiger partial charge in [0, 0.05) is 24.8 Å². The van der Waals surface area contributed by atoms with Crippen molar-refractivity contribution in [3.05, 3.63) is 29.8 Å². The number of carbonyl (C=O) groups excluding carboxylic acids is 1. The van der Waals surface area contributed by atoms with E-state index in [4.69, 9.17) is 4.74 Å². The average Bonchev–Trinajstić information content (AvgIpc) is 2.37. The zero-order valence-corrected chi connectivity index (χ0v) is 10.8. The third-order valence-corrected chi connectivity index (χ3v) is 2.43. The van der Waals surface area contributed by atoms with Gasteiger partial charge in [0.05, 0.1) is 6.61 Å². The lowest BCUT2D eigenvalue weighted by Gasteiger charge is -2.07. The first kappa shape index (κ1) is 14.1. The first-order chi connectivity index (χ1) is 8.67. The number of unbranched alkanes of at least 4 members (excludes halogenated alkanes) is 1. The molecule has 0 atom stereocenters. The van der Waals surface area contributed by atoms with Crippen LogP contribution in [-0.2, 0) is 4.79 Å². The second-order valence-electron chi connectivity index (χ2n) is 3.87. The topological polar surface area (TPSA) is 58.6 Å². The van der Waals surface area contributed by atoms with E-state index in [1.54, 1.807) is 31.3 Å².